The van der Waals surface area contributed by atoms with Crippen LogP contribution >= 0.6 is 0 Å². The predicted octanol–water partition coefficient (Wildman–Crippen LogP) is 2.81. The van der Waals surface area contributed by atoms with Gasteiger partial charge in [-0.15, -0.1) is 0 Å². The number of aromatic nitrogens is 4. The van der Waals surface area contributed by atoms with E-state index < -0.39 is 15.8 Å². The average Bonchev–Trinajstić information content (AvgIpc) is 3.29. The van der Waals surface area contributed by atoms with Crippen molar-refractivity contribution in [1.29, 1.82) is 5.26 Å². The lowest BCUT2D eigenvalue weighted by Gasteiger charge is -2.28. The zero-order valence-corrected chi connectivity index (χ0v) is 20.0. The van der Waals surface area contributed by atoms with E-state index in [0.717, 1.165) is 31.0 Å². The topological polar surface area (TPSA) is 143 Å². The van der Waals surface area contributed by atoms with Crippen molar-refractivity contribution in [2.24, 2.45) is 0 Å². The highest BCUT2D eigenvalue weighted by Crippen LogP contribution is 2.33. The Hall–Kier alpha value is -4.08. The third-order valence-electron chi connectivity index (χ3n) is 6.20. The first-order chi connectivity index (χ1) is 17.4. The van der Waals surface area contributed by atoms with Crippen LogP contribution in [0.15, 0.2) is 59.8 Å². The summed E-state index contributed by atoms with van der Waals surface area (Å²) in [4.78, 5) is 10.1. The Morgan fingerprint density at radius 2 is 2.00 bits per heavy atom. The van der Waals surface area contributed by atoms with Gasteiger partial charge in [-0.05, 0) is 36.6 Å². The Bertz CT molecular complexity index is 1560. The van der Waals surface area contributed by atoms with Crippen LogP contribution in [0, 0.1) is 17.3 Å². The second-order valence-electron chi connectivity index (χ2n) is 8.57. The second kappa shape index (κ2) is 9.52. The molecule has 3 heterocycles. The number of nitrogens with one attached hydrogen (secondary N) is 1. The molecule has 1 aliphatic rings. The highest BCUT2D eigenvalue weighted by molar-refractivity contribution is 7.89. The molecule has 10 nitrogen and oxygen atoms in total. The molecule has 0 spiro atoms. The molecule has 1 atom stereocenters. The zero-order chi connectivity index (χ0) is 25.3. The van der Waals surface area contributed by atoms with Crippen molar-refractivity contribution >= 4 is 26.9 Å². The molecule has 4 aromatic rings. The first-order valence-electron chi connectivity index (χ1n) is 11.3. The second-order valence-corrected chi connectivity index (χ2v) is 10.3. The third kappa shape index (κ3) is 4.58. The number of piperidine rings is 1. The van der Waals surface area contributed by atoms with Crippen molar-refractivity contribution in [2.45, 2.75) is 30.3 Å². The fourth-order valence-corrected chi connectivity index (χ4v) is 5.42. The summed E-state index contributed by atoms with van der Waals surface area (Å²) in [5, 5.41) is 14.8. The van der Waals surface area contributed by atoms with Gasteiger partial charge in [-0.3, -0.25) is 0 Å². The number of hydrogen-bond acceptors (Lipinski definition) is 8. The first-order valence-corrected chi connectivity index (χ1v) is 12.8. The number of halogens is 1. The van der Waals surface area contributed by atoms with E-state index in [1.807, 2.05) is 16.8 Å². The molecule has 0 aliphatic carbocycles. The van der Waals surface area contributed by atoms with E-state index in [0.29, 0.717) is 34.7 Å². The molecule has 184 valence electrons. The summed E-state index contributed by atoms with van der Waals surface area (Å²) >= 11 is 0. The maximum atomic E-state index is 13.4. The molecular weight excluding hydrogens is 483 g/mol. The van der Waals surface area contributed by atoms with Gasteiger partial charge in [0.25, 0.3) is 0 Å². The molecule has 5 rings (SSSR count). The van der Waals surface area contributed by atoms with Crippen LogP contribution < -0.4 is 10.5 Å². The molecule has 1 aliphatic heterocycles. The molecule has 1 saturated heterocycles. The fourth-order valence-electron chi connectivity index (χ4n) is 4.37. The van der Waals surface area contributed by atoms with Gasteiger partial charge in [0.1, 0.15) is 23.7 Å². The van der Waals surface area contributed by atoms with Crippen LogP contribution in [-0.2, 0) is 16.6 Å². The number of anilines is 1. The summed E-state index contributed by atoms with van der Waals surface area (Å²) < 4.78 is 42.7. The highest BCUT2D eigenvalue weighted by atomic mass is 32.2. The van der Waals surface area contributed by atoms with E-state index in [-0.39, 0.29) is 17.5 Å². The van der Waals surface area contributed by atoms with Crippen LogP contribution in [0.5, 0.6) is 0 Å². The van der Waals surface area contributed by atoms with E-state index in [9.17, 15) is 18.1 Å². The third-order valence-corrected chi connectivity index (χ3v) is 7.60. The van der Waals surface area contributed by atoms with Crippen molar-refractivity contribution in [1.82, 2.24) is 29.4 Å². The van der Waals surface area contributed by atoms with E-state index in [4.69, 9.17) is 10.8 Å². The number of nitrogen functional groups attached to an aromatic ring is 1. The minimum absolute atomic E-state index is 0.0274. The predicted molar refractivity (Wildman–Crippen MR) is 131 cm³/mol. The summed E-state index contributed by atoms with van der Waals surface area (Å²) in [5.41, 5.74) is 8.91. The number of rotatable bonds is 6. The molecule has 2 aromatic carbocycles. The monoisotopic (exact) mass is 506 g/mol. The Kier molecular flexibility index (Phi) is 6.26. The van der Waals surface area contributed by atoms with Gasteiger partial charge in [0.15, 0.2) is 11.8 Å². The van der Waals surface area contributed by atoms with Gasteiger partial charge >= 0.3 is 0 Å². The lowest BCUT2D eigenvalue weighted by Crippen LogP contribution is -2.33. The molecule has 0 saturated carbocycles. The number of likely N-dealkylation sites (tertiary alicyclic amines) is 1. The lowest BCUT2D eigenvalue weighted by atomic mass is 10.1. The van der Waals surface area contributed by atoms with Gasteiger partial charge in [-0.1, -0.05) is 30.3 Å². The molecular formula is C24H23FN8O2S. The van der Waals surface area contributed by atoms with Gasteiger partial charge in [-0.25, -0.2) is 32.2 Å². The summed E-state index contributed by atoms with van der Waals surface area (Å²) in [5.74, 6) is -0.313. The molecule has 12 heteroatoms. The number of nitrogens with two attached hydrogens (primary N) is 1. The van der Waals surface area contributed by atoms with E-state index in [1.165, 1.54) is 24.5 Å². The average molecular weight is 507 g/mol. The Balaban J connectivity index is 1.41. The molecule has 3 N–H and O–H groups in total. The van der Waals surface area contributed by atoms with Gasteiger partial charge in [0.2, 0.25) is 10.0 Å². The lowest BCUT2D eigenvalue weighted by molar-refractivity contribution is 0.236. The minimum atomic E-state index is -3.86. The largest absolute Gasteiger partial charge is 0.383 e. The van der Waals surface area contributed by atoms with E-state index in [2.05, 4.69) is 20.9 Å². The molecule has 36 heavy (non-hydrogen) atoms. The van der Waals surface area contributed by atoms with E-state index in [1.54, 1.807) is 17.0 Å². The highest BCUT2D eigenvalue weighted by Gasteiger charge is 2.26. The molecule has 0 radical (unpaired) electrons. The van der Waals surface area contributed by atoms with Gasteiger partial charge in [-0.2, -0.15) is 10.4 Å². The van der Waals surface area contributed by atoms with Crippen LogP contribution in [0.25, 0.3) is 22.3 Å². The Morgan fingerprint density at radius 3 is 2.75 bits per heavy atom. The number of benzene rings is 2. The summed E-state index contributed by atoms with van der Waals surface area (Å²) in [6, 6.07) is 12.0. The van der Waals surface area contributed by atoms with Crippen LogP contribution in [0.2, 0.25) is 0 Å². The number of sulfonamides is 1. The van der Waals surface area contributed by atoms with Crippen molar-refractivity contribution < 1.29 is 12.8 Å². The summed E-state index contributed by atoms with van der Waals surface area (Å²) in [7, 11) is -3.86. The van der Waals surface area contributed by atoms with E-state index >= 15 is 0 Å². The standard InChI is InChI=1S/C24H23FN8O2S/c25-18-3-1-5-20(11-18)36(34,35)30-12-16-6-8-17(9-7-16)22-21-23(27)28-15-29-24(21)33(31-22)19-4-2-10-32(13-19)14-26/h1,3,5-9,11,15,19,30H,2,4,10,12-13H2,(H2,27,28,29)/t19-/m1/s1. The van der Waals surface area contributed by atoms with Crippen molar-refractivity contribution in [3.63, 3.8) is 0 Å². The quantitative estimate of drug-likeness (QED) is 0.380. The van der Waals surface area contributed by atoms with Gasteiger partial charge in [0.05, 0.1) is 22.9 Å². The minimum Gasteiger partial charge on any atom is -0.383 e. The maximum absolute atomic E-state index is 13.4. The van der Waals surface area contributed by atoms with Crippen LogP contribution in [0.1, 0.15) is 24.4 Å². The number of hydrogen-bond donors (Lipinski definition) is 2. The summed E-state index contributed by atoms with van der Waals surface area (Å²) in [6.07, 6.45) is 5.35. The normalized spacial score (nSPS) is 16.2. The van der Waals surface area contributed by atoms with Crippen molar-refractivity contribution in [3.05, 3.63) is 66.2 Å². The fraction of sp³-hybridized carbons (Fsp3) is 0.250. The number of fused-ring (bicyclic) bond motifs is 1. The van der Waals surface area contributed by atoms with Crippen LogP contribution in [0.3, 0.4) is 0 Å². The molecule has 0 bridgehead atoms. The smallest absolute Gasteiger partial charge is 0.240 e. The Morgan fingerprint density at radius 1 is 1.19 bits per heavy atom. The van der Waals surface area contributed by atoms with Gasteiger partial charge < -0.3 is 10.6 Å². The van der Waals surface area contributed by atoms with Crippen molar-refractivity contribution in [2.75, 3.05) is 18.8 Å². The Labute approximate surface area is 207 Å². The zero-order valence-electron chi connectivity index (χ0n) is 19.2. The molecule has 0 unspecified atom stereocenters. The molecule has 2 aromatic heterocycles. The number of nitrogens with zero attached hydrogens (tertiary/aromatic N) is 6. The SMILES string of the molecule is N#CN1CCC[C@@H](n2nc(-c3ccc(CNS(=O)(=O)c4cccc(F)c4)cc3)c3c(N)ncnc32)C1. The van der Waals surface area contributed by atoms with Gasteiger partial charge in [0, 0.05) is 18.7 Å². The number of nitriles is 1. The first kappa shape index (κ1) is 23.7. The maximum Gasteiger partial charge on any atom is 0.240 e. The van der Waals surface area contributed by atoms with Crippen LogP contribution in [-0.4, -0.2) is 46.2 Å². The molecule has 0 amide bonds. The summed E-state index contributed by atoms with van der Waals surface area (Å²) in [6.45, 7) is 1.30. The van der Waals surface area contributed by atoms with Crippen molar-refractivity contribution in [3.8, 4) is 17.5 Å². The molecule has 1 fully saturated rings. The van der Waals surface area contributed by atoms with Crippen LogP contribution in [0.4, 0.5) is 10.2 Å².